The highest BCUT2D eigenvalue weighted by Gasteiger charge is 2.47. The van der Waals surface area contributed by atoms with Crippen molar-refractivity contribution in [2.45, 2.75) is 77.6 Å². The standard InChI is InChI=1S/C35H48ClN7O5Si/c1-33(2,3)48-32(44)43-20-35(7,21-47-49(10,11)34(4,5)6)24-17-22(16-23(19-37)28(24)43)26-12-13-39-31(40-26)41-27-18-25(36)29(38-14-15-45-8)42-30(27)46-9/h12-13,16-18H,14-15,20-21H2,1-11H3,(H,38,42)(H,39,40,41)/t35-/m0/s1. The van der Waals surface area contributed by atoms with Gasteiger partial charge in [0.15, 0.2) is 8.32 Å². The number of pyridine rings is 1. The number of halogens is 1. The maximum Gasteiger partial charge on any atom is 0.414 e. The Morgan fingerprint density at radius 3 is 2.47 bits per heavy atom. The molecule has 0 saturated heterocycles. The van der Waals surface area contributed by atoms with E-state index in [0.29, 0.717) is 71.2 Å². The molecular weight excluding hydrogens is 662 g/mol. The number of nitrogens with one attached hydrogen (secondary N) is 2. The average Bonchev–Trinajstić information content (AvgIpc) is 3.32. The summed E-state index contributed by atoms with van der Waals surface area (Å²) in [5.41, 5.74) is 2.05. The summed E-state index contributed by atoms with van der Waals surface area (Å²) in [5, 5.41) is 17.1. The first-order valence-electron chi connectivity index (χ1n) is 16.1. The van der Waals surface area contributed by atoms with E-state index in [-0.39, 0.29) is 11.0 Å². The lowest BCUT2D eigenvalue weighted by atomic mass is 9.83. The highest BCUT2D eigenvalue weighted by Crippen LogP contribution is 2.47. The molecule has 2 aromatic heterocycles. The Balaban J connectivity index is 1.76. The van der Waals surface area contributed by atoms with Crippen LogP contribution in [0.3, 0.4) is 0 Å². The second-order valence-corrected chi connectivity index (χ2v) is 20.1. The summed E-state index contributed by atoms with van der Waals surface area (Å²) in [6, 6.07) is 9.50. The summed E-state index contributed by atoms with van der Waals surface area (Å²) in [6.45, 7) is 20.2. The van der Waals surface area contributed by atoms with Crippen molar-refractivity contribution in [2.24, 2.45) is 0 Å². The molecule has 0 radical (unpaired) electrons. The van der Waals surface area contributed by atoms with Gasteiger partial charge < -0.3 is 29.3 Å². The van der Waals surface area contributed by atoms with E-state index < -0.39 is 25.4 Å². The zero-order valence-electron chi connectivity index (χ0n) is 30.4. The van der Waals surface area contributed by atoms with E-state index >= 15 is 0 Å². The number of hydrogen-bond acceptors (Lipinski definition) is 11. The molecule has 0 aliphatic carbocycles. The average molecular weight is 710 g/mol. The Hall–Kier alpha value is -3.96. The smallest absolute Gasteiger partial charge is 0.414 e. The topological polar surface area (TPSA) is 144 Å². The number of aromatic nitrogens is 3. The van der Waals surface area contributed by atoms with Crippen molar-refractivity contribution in [3.05, 3.63) is 46.6 Å². The van der Waals surface area contributed by atoms with Gasteiger partial charge in [-0.25, -0.2) is 14.8 Å². The summed E-state index contributed by atoms with van der Waals surface area (Å²) in [6.07, 6.45) is 1.11. The van der Waals surface area contributed by atoms with Gasteiger partial charge in [0, 0.05) is 44.0 Å². The minimum Gasteiger partial charge on any atom is -0.479 e. The third kappa shape index (κ3) is 8.62. The fraction of sp³-hybridized carbons (Fsp3) is 0.514. The van der Waals surface area contributed by atoms with E-state index in [2.05, 4.69) is 67.5 Å². The fourth-order valence-electron chi connectivity index (χ4n) is 5.10. The van der Waals surface area contributed by atoms with E-state index in [9.17, 15) is 10.1 Å². The number of amides is 1. The van der Waals surface area contributed by atoms with Crippen LogP contribution in [0.15, 0.2) is 30.5 Å². The van der Waals surface area contributed by atoms with E-state index in [1.165, 1.54) is 7.11 Å². The number of anilines is 4. The lowest BCUT2D eigenvalue weighted by Gasteiger charge is -2.39. The highest BCUT2D eigenvalue weighted by atomic mass is 35.5. The molecule has 3 heterocycles. The molecule has 1 atom stereocenters. The van der Waals surface area contributed by atoms with Gasteiger partial charge in [-0.3, -0.25) is 4.90 Å². The molecule has 0 bridgehead atoms. The number of carbonyl (C=O) groups excluding carboxylic acids is 1. The van der Waals surface area contributed by atoms with Gasteiger partial charge in [-0.1, -0.05) is 39.3 Å². The van der Waals surface area contributed by atoms with Crippen LogP contribution >= 0.6 is 11.6 Å². The van der Waals surface area contributed by atoms with Crippen molar-refractivity contribution in [3.8, 4) is 23.2 Å². The Morgan fingerprint density at radius 2 is 1.86 bits per heavy atom. The Morgan fingerprint density at radius 1 is 1.14 bits per heavy atom. The zero-order valence-corrected chi connectivity index (χ0v) is 32.1. The first-order chi connectivity index (χ1) is 22.8. The molecule has 0 unspecified atom stereocenters. The van der Waals surface area contributed by atoms with Crippen molar-refractivity contribution < 1.29 is 23.4 Å². The van der Waals surface area contributed by atoms with Crippen LogP contribution < -0.4 is 20.3 Å². The number of benzene rings is 1. The number of nitrogens with zero attached hydrogens (tertiary/aromatic N) is 5. The lowest BCUT2D eigenvalue weighted by Crippen LogP contribution is -2.46. The van der Waals surface area contributed by atoms with Gasteiger partial charge in [0.05, 0.1) is 35.7 Å². The van der Waals surface area contributed by atoms with Crippen molar-refractivity contribution >= 4 is 49.2 Å². The van der Waals surface area contributed by atoms with E-state index in [1.54, 1.807) is 36.4 Å². The summed E-state index contributed by atoms with van der Waals surface area (Å²) < 4.78 is 23.2. The van der Waals surface area contributed by atoms with Crippen LogP contribution in [-0.2, 0) is 19.3 Å². The minimum absolute atomic E-state index is 0.0110. The molecule has 12 nitrogen and oxygen atoms in total. The predicted molar refractivity (Wildman–Crippen MR) is 196 cm³/mol. The molecule has 2 N–H and O–H groups in total. The minimum atomic E-state index is -2.16. The van der Waals surface area contributed by atoms with Crippen LogP contribution in [0.25, 0.3) is 11.3 Å². The molecule has 1 aliphatic heterocycles. The van der Waals surface area contributed by atoms with Crippen LogP contribution in [0.1, 0.15) is 59.6 Å². The molecule has 0 saturated carbocycles. The van der Waals surface area contributed by atoms with Crippen LogP contribution in [0, 0.1) is 11.3 Å². The lowest BCUT2D eigenvalue weighted by molar-refractivity contribution is 0.0575. The monoisotopic (exact) mass is 709 g/mol. The number of methoxy groups -OCH3 is 2. The molecule has 1 aliphatic rings. The number of ether oxygens (including phenoxy) is 3. The quantitative estimate of drug-likeness (QED) is 0.148. The summed E-state index contributed by atoms with van der Waals surface area (Å²) in [5.74, 6) is 1.02. The molecule has 4 rings (SSSR count). The molecule has 1 amide bonds. The van der Waals surface area contributed by atoms with E-state index in [4.69, 9.17) is 35.2 Å². The fourth-order valence-corrected chi connectivity index (χ4v) is 6.43. The summed E-state index contributed by atoms with van der Waals surface area (Å²) in [7, 11) is 0.968. The van der Waals surface area contributed by atoms with Gasteiger partial charge in [-0.05, 0) is 68.7 Å². The molecule has 264 valence electrons. The zero-order chi connectivity index (χ0) is 36.4. The Bertz CT molecular complexity index is 1730. The third-order valence-electron chi connectivity index (χ3n) is 8.76. The molecular formula is C35H48ClN7O5Si. The number of nitriles is 1. The van der Waals surface area contributed by atoms with Gasteiger partial charge in [-0.15, -0.1) is 0 Å². The maximum absolute atomic E-state index is 13.6. The SMILES string of the molecule is COCCNc1nc(OC)c(Nc2nccc(-c3cc(C#N)c4c(c3)[C@](C)(CO[Si](C)(C)C(C)(C)C)CN4C(=O)OC(C)(C)C)n2)cc1Cl. The second-order valence-electron chi connectivity index (χ2n) is 14.9. The van der Waals surface area contributed by atoms with Crippen LogP contribution in [0.2, 0.25) is 23.2 Å². The van der Waals surface area contributed by atoms with Crippen LogP contribution in [0.4, 0.5) is 27.9 Å². The first-order valence-corrected chi connectivity index (χ1v) is 19.4. The van der Waals surface area contributed by atoms with Crippen LogP contribution in [-0.4, -0.2) is 75.5 Å². The van der Waals surface area contributed by atoms with Crippen molar-refractivity contribution in [3.63, 3.8) is 0 Å². The first kappa shape index (κ1) is 37.8. The van der Waals surface area contributed by atoms with Crippen molar-refractivity contribution in [2.75, 3.05) is 56.1 Å². The Labute approximate surface area is 295 Å². The molecule has 0 spiro atoms. The highest BCUT2D eigenvalue weighted by molar-refractivity contribution is 6.74. The molecule has 1 aromatic carbocycles. The van der Waals surface area contributed by atoms with Crippen LogP contribution in [0.5, 0.6) is 5.88 Å². The molecule has 14 heteroatoms. The van der Waals surface area contributed by atoms with E-state index in [1.807, 2.05) is 26.8 Å². The third-order valence-corrected chi connectivity index (χ3v) is 13.5. The van der Waals surface area contributed by atoms with Gasteiger partial charge in [-0.2, -0.15) is 10.2 Å². The van der Waals surface area contributed by atoms with Gasteiger partial charge in [0.1, 0.15) is 23.2 Å². The van der Waals surface area contributed by atoms with Crippen molar-refractivity contribution in [1.82, 2.24) is 15.0 Å². The summed E-state index contributed by atoms with van der Waals surface area (Å²) >= 11 is 6.52. The van der Waals surface area contributed by atoms with Gasteiger partial charge in [0.2, 0.25) is 11.8 Å². The van der Waals surface area contributed by atoms with Gasteiger partial charge >= 0.3 is 6.09 Å². The number of carbonyl (C=O) groups is 1. The predicted octanol–water partition coefficient (Wildman–Crippen LogP) is 7.91. The second kappa shape index (κ2) is 14.5. The van der Waals surface area contributed by atoms with Gasteiger partial charge in [0.25, 0.3) is 0 Å². The maximum atomic E-state index is 13.6. The Kier molecular flexibility index (Phi) is 11.2. The number of fused-ring (bicyclic) bond motifs is 1. The summed E-state index contributed by atoms with van der Waals surface area (Å²) in [4.78, 5) is 28.8. The normalized spacial score (nSPS) is 16.2. The van der Waals surface area contributed by atoms with E-state index in [0.717, 1.165) is 5.56 Å². The van der Waals surface area contributed by atoms with Crippen molar-refractivity contribution in [1.29, 1.82) is 5.26 Å². The number of rotatable bonds is 11. The largest absolute Gasteiger partial charge is 0.479 e. The molecule has 0 fully saturated rings. The molecule has 3 aromatic rings. The molecule has 49 heavy (non-hydrogen) atoms. The number of hydrogen-bond donors (Lipinski definition) is 2.